The molecule has 0 aliphatic carbocycles. The summed E-state index contributed by atoms with van der Waals surface area (Å²) in [5.41, 5.74) is 1.90. The fourth-order valence-electron chi connectivity index (χ4n) is 2.58. The zero-order valence-corrected chi connectivity index (χ0v) is 15.0. The molecule has 1 aromatic heterocycles. The second kappa shape index (κ2) is 7.83. The number of nitrogens with zero attached hydrogens (tertiary/aromatic N) is 1. The molecule has 4 nitrogen and oxygen atoms in total. The molecule has 0 aliphatic heterocycles. The first-order valence-electron chi connectivity index (χ1n) is 8.55. The van der Waals surface area contributed by atoms with Gasteiger partial charge in [-0.15, -0.1) is 0 Å². The second-order valence-electron chi connectivity index (χ2n) is 6.58. The van der Waals surface area contributed by atoms with Crippen molar-refractivity contribution in [3.05, 3.63) is 90.3 Å². The normalized spacial score (nSPS) is 11.0. The number of carbonyl (C=O) groups excluding carboxylic acids is 1. The van der Waals surface area contributed by atoms with Crippen LogP contribution in [-0.2, 0) is 16.8 Å². The molecule has 0 spiro atoms. The molecule has 1 amide bonds. The lowest BCUT2D eigenvalue weighted by Gasteiger charge is -2.24. The standard InChI is InChI=1S/C22H22N2O2/c1-22(2,17-9-4-3-5-10-17)21(25)24-18-12-8-13-20(15-18)26-16-19-11-6-7-14-23-19/h3-15H,16H2,1-2H3,(H,24,25). The summed E-state index contributed by atoms with van der Waals surface area (Å²) in [5, 5.41) is 2.98. The number of nitrogens with one attached hydrogen (secondary N) is 1. The number of anilines is 1. The van der Waals surface area contributed by atoms with E-state index in [-0.39, 0.29) is 5.91 Å². The highest BCUT2D eigenvalue weighted by molar-refractivity contribution is 5.98. The maximum atomic E-state index is 12.8. The van der Waals surface area contributed by atoms with E-state index in [2.05, 4.69) is 10.3 Å². The zero-order valence-electron chi connectivity index (χ0n) is 15.0. The van der Waals surface area contributed by atoms with Gasteiger partial charge in [-0.1, -0.05) is 42.5 Å². The van der Waals surface area contributed by atoms with E-state index in [1.807, 2.05) is 86.6 Å². The summed E-state index contributed by atoms with van der Waals surface area (Å²) in [6.45, 7) is 4.21. The number of pyridine rings is 1. The van der Waals surface area contributed by atoms with Gasteiger partial charge in [0.25, 0.3) is 0 Å². The molecule has 26 heavy (non-hydrogen) atoms. The number of aromatic nitrogens is 1. The molecule has 3 aromatic rings. The maximum Gasteiger partial charge on any atom is 0.234 e. The van der Waals surface area contributed by atoms with Crippen molar-refractivity contribution in [2.75, 3.05) is 5.32 Å². The quantitative estimate of drug-likeness (QED) is 0.711. The van der Waals surface area contributed by atoms with Crippen LogP contribution in [0.1, 0.15) is 25.1 Å². The van der Waals surface area contributed by atoms with E-state index in [1.165, 1.54) is 0 Å². The molecule has 0 saturated heterocycles. The van der Waals surface area contributed by atoms with Crippen LogP contribution >= 0.6 is 0 Å². The van der Waals surface area contributed by atoms with Gasteiger partial charge in [-0.2, -0.15) is 0 Å². The van der Waals surface area contributed by atoms with Crippen LogP contribution in [0.3, 0.4) is 0 Å². The summed E-state index contributed by atoms with van der Waals surface area (Å²) in [5.74, 6) is 0.622. The van der Waals surface area contributed by atoms with Crippen molar-refractivity contribution in [2.45, 2.75) is 25.9 Å². The smallest absolute Gasteiger partial charge is 0.234 e. The Morgan fingerprint density at radius 2 is 1.77 bits per heavy atom. The Morgan fingerprint density at radius 1 is 1.00 bits per heavy atom. The molecule has 0 aliphatic rings. The highest BCUT2D eigenvalue weighted by atomic mass is 16.5. The van der Waals surface area contributed by atoms with Crippen molar-refractivity contribution >= 4 is 11.6 Å². The fraction of sp³-hybridized carbons (Fsp3) is 0.182. The first-order valence-corrected chi connectivity index (χ1v) is 8.55. The van der Waals surface area contributed by atoms with Gasteiger partial charge >= 0.3 is 0 Å². The second-order valence-corrected chi connectivity index (χ2v) is 6.58. The van der Waals surface area contributed by atoms with E-state index >= 15 is 0 Å². The summed E-state index contributed by atoms with van der Waals surface area (Å²) in [4.78, 5) is 17.0. The van der Waals surface area contributed by atoms with Crippen LogP contribution in [0, 0.1) is 0 Å². The summed E-state index contributed by atoms with van der Waals surface area (Å²) in [6.07, 6.45) is 1.74. The summed E-state index contributed by atoms with van der Waals surface area (Å²) < 4.78 is 5.77. The summed E-state index contributed by atoms with van der Waals surface area (Å²) in [7, 11) is 0. The molecule has 0 saturated carbocycles. The number of rotatable bonds is 6. The molecule has 1 heterocycles. The van der Waals surface area contributed by atoms with Crippen LogP contribution in [0.2, 0.25) is 0 Å². The van der Waals surface area contributed by atoms with Gasteiger partial charge in [0.05, 0.1) is 11.1 Å². The van der Waals surface area contributed by atoms with Crippen LogP contribution in [-0.4, -0.2) is 10.9 Å². The maximum absolute atomic E-state index is 12.8. The molecular formula is C22H22N2O2. The SMILES string of the molecule is CC(C)(C(=O)Nc1cccc(OCc2ccccn2)c1)c1ccccc1. The van der Waals surface area contributed by atoms with Gasteiger partial charge in [0.2, 0.25) is 5.91 Å². The van der Waals surface area contributed by atoms with Crippen LogP contribution in [0.15, 0.2) is 79.0 Å². The molecule has 3 rings (SSSR count). The van der Waals surface area contributed by atoms with Crippen molar-refractivity contribution in [3.8, 4) is 5.75 Å². The number of benzene rings is 2. The Bertz CT molecular complexity index is 862. The molecule has 0 unspecified atom stereocenters. The van der Waals surface area contributed by atoms with Crippen molar-refractivity contribution in [1.29, 1.82) is 0 Å². The molecule has 1 N–H and O–H groups in total. The average molecular weight is 346 g/mol. The summed E-state index contributed by atoms with van der Waals surface area (Å²) in [6, 6.07) is 22.9. The van der Waals surface area contributed by atoms with Gasteiger partial charge in [-0.25, -0.2) is 0 Å². The van der Waals surface area contributed by atoms with Gasteiger partial charge < -0.3 is 10.1 Å². The number of hydrogen-bond donors (Lipinski definition) is 1. The number of ether oxygens (including phenoxy) is 1. The topological polar surface area (TPSA) is 51.2 Å². The van der Waals surface area contributed by atoms with Gasteiger partial charge in [-0.05, 0) is 43.7 Å². The predicted molar refractivity (Wildman–Crippen MR) is 103 cm³/mol. The lowest BCUT2D eigenvalue weighted by molar-refractivity contribution is -0.120. The molecule has 0 atom stereocenters. The Hall–Kier alpha value is -3.14. The van der Waals surface area contributed by atoms with Gasteiger partial charge in [0, 0.05) is 18.0 Å². The molecular weight excluding hydrogens is 324 g/mol. The zero-order chi connectivity index (χ0) is 18.4. The first kappa shape index (κ1) is 17.7. The Labute approximate surface area is 153 Å². The molecule has 132 valence electrons. The van der Waals surface area contributed by atoms with Gasteiger partial charge in [-0.3, -0.25) is 9.78 Å². The average Bonchev–Trinajstić information content (AvgIpc) is 2.68. The lowest BCUT2D eigenvalue weighted by atomic mass is 9.83. The number of amides is 1. The lowest BCUT2D eigenvalue weighted by Crippen LogP contribution is -2.34. The van der Waals surface area contributed by atoms with E-state index < -0.39 is 5.41 Å². The van der Waals surface area contributed by atoms with Gasteiger partial charge in [0.1, 0.15) is 12.4 Å². The third kappa shape index (κ3) is 4.28. The third-order valence-corrected chi connectivity index (χ3v) is 4.27. The largest absolute Gasteiger partial charge is 0.487 e. The van der Waals surface area contributed by atoms with E-state index in [4.69, 9.17) is 4.74 Å². The highest BCUT2D eigenvalue weighted by Crippen LogP contribution is 2.26. The predicted octanol–water partition coefficient (Wildman–Crippen LogP) is 4.58. The third-order valence-electron chi connectivity index (χ3n) is 4.27. The van der Waals surface area contributed by atoms with Crippen LogP contribution < -0.4 is 10.1 Å². The molecule has 4 heteroatoms. The Balaban J connectivity index is 1.67. The van der Waals surface area contributed by atoms with Crippen molar-refractivity contribution in [1.82, 2.24) is 4.98 Å². The first-order chi connectivity index (χ1) is 12.6. The minimum atomic E-state index is -0.633. The highest BCUT2D eigenvalue weighted by Gasteiger charge is 2.29. The minimum Gasteiger partial charge on any atom is -0.487 e. The van der Waals surface area contributed by atoms with Crippen LogP contribution in [0.25, 0.3) is 0 Å². The molecule has 0 radical (unpaired) electrons. The Kier molecular flexibility index (Phi) is 5.32. The van der Waals surface area contributed by atoms with Crippen molar-refractivity contribution in [2.24, 2.45) is 0 Å². The van der Waals surface area contributed by atoms with E-state index in [0.29, 0.717) is 18.0 Å². The van der Waals surface area contributed by atoms with Gasteiger partial charge in [0.15, 0.2) is 0 Å². The van der Waals surface area contributed by atoms with E-state index in [9.17, 15) is 4.79 Å². The molecule has 2 aromatic carbocycles. The van der Waals surface area contributed by atoms with Crippen LogP contribution in [0.4, 0.5) is 5.69 Å². The van der Waals surface area contributed by atoms with Crippen molar-refractivity contribution in [3.63, 3.8) is 0 Å². The minimum absolute atomic E-state index is 0.0643. The summed E-state index contributed by atoms with van der Waals surface area (Å²) >= 11 is 0. The monoisotopic (exact) mass is 346 g/mol. The number of hydrogen-bond acceptors (Lipinski definition) is 3. The van der Waals surface area contributed by atoms with E-state index in [1.54, 1.807) is 6.20 Å². The molecule has 0 bridgehead atoms. The van der Waals surface area contributed by atoms with Crippen LogP contribution in [0.5, 0.6) is 5.75 Å². The van der Waals surface area contributed by atoms with E-state index in [0.717, 1.165) is 11.3 Å². The molecule has 0 fully saturated rings. The van der Waals surface area contributed by atoms with Crippen molar-refractivity contribution < 1.29 is 9.53 Å². The fourth-order valence-corrected chi connectivity index (χ4v) is 2.58. The number of carbonyl (C=O) groups is 1. The Morgan fingerprint density at radius 3 is 2.50 bits per heavy atom.